The van der Waals surface area contributed by atoms with Gasteiger partial charge in [-0.1, -0.05) is 0 Å². The minimum Gasteiger partial charge on any atom is -0.392 e. The molecule has 7 nitrogen and oxygen atoms in total. The van der Waals surface area contributed by atoms with Crippen LogP contribution in [0.1, 0.15) is 55.1 Å². The average Bonchev–Trinajstić information content (AvgIpc) is 3.02. The first-order valence-electron chi connectivity index (χ1n) is 10.1. The SMILES string of the molecule is Cc1cc(C)n(-c2nc(NC3CCC(F)(F)CC3)cc([C@H]3COCC[C@H]3O)n2)n1. The van der Waals surface area contributed by atoms with Gasteiger partial charge >= 0.3 is 0 Å². The minimum absolute atomic E-state index is 0.0711. The molecule has 158 valence electrons. The van der Waals surface area contributed by atoms with E-state index in [9.17, 15) is 13.9 Å². The summed E-state index contributed by atoms with van der Waals surface area (Å²) in [6.07, 6.45) is 0.524. The summed E-state index contributed by atoms with van der Waals surface area (Å²) in [6, 6.07) is 3.66. The Bertz CT molecular complexity index is 863. The predicted molar refractivity (Wildman–Crippen MR) is 104 cm³/mol. The van der Waals surface area contributed by atoms with Crippen molar-refractivity contribution in [3.8, 4) is 5.95 Å². The molecule has 0 amide bonds. The first-order valence-corrected chi connectivity index (χ1v) is 10.1. The van der Waals surface area contributed by atoms with Crippen molar-refractivity contribution in [3.05, 3.63) is 29.2 Å². The van der Waals surface area contributed by atoms with Crippen molar-refractivity contribution in [1.29, 1.82) is 0 Å². The highest BCUT2D eigenvalue weighted by molar-refractivity contribution is 5.41. The summed E-state index contributed by atoms with van der Waals surface area (Å²) in [4.78, 5) is 9.25. The monoisotopic (exact) mass is 407 g/mol. The zero-order valence-electron chi connectivity index (χ0n) is 16.7. The molecule has 2 aromatic heterocycles. The van der Waals surface area contributed by atoms with Gasteiger partial charge in [-0.25, -0.2) is 18.4 Å². The summed E-state index contributed by atoms with van der Waals surface area (Å²) in [7, 11) is 0. The van der Waals surface area contributed by atoms with Crippen LogP contribution in [-0.2, 0) is 4.74 Å². The molecule has 3 heterocycles. The number of aromatic nitrogens is 4. The number of aliphatic hydroxyl groups excluding tert-OH is 1. The highest BCUT2D eigenvalue weighted by atomic mass is 19.3. The molecule has 1 saturated carbocycles. The summed E-state index contributed by atoms with van der Waals surface area (Å²) in [5, 5.41) is 18.2. The third kappa shape index (κ3) is 4.56. The van der Waals surface area contributed by atoms with Gasteiger partial charge in [0.05, 0.1) is 30.0 Å². The van der Waals surface area contributed by atoms with Gasteiger partial charge in [-0.05, 0) is 39.2 Å². The normalized spacial score (nSPS) is 25.1. The molecule has 1 aliphatic heterocycles. The number of rotatable bonds is 4. The summed E-state index contributed by atoms with van der Waals surface area (Å²) in [6.45, 7) is 4.72. The zero-order chi connectivity index (χ0) is 20.6. The Kier molecular flexibility index (Phi) is 5.52. The second-order valence-electron chi connectivity index (χ2n) is 8.13. The van der Waals surface area contributed by atoms with Crippen LogP contribution in [0.3, 0.4) is 0 Å². The third-order valence-corrected chi connectivity index (χ3v) is 5.70. The van der Waals surface area contributed by atoms with Crippen LogP contribution in [0.15, 0.2) is 12.1 Å². The van der Waals surface area contributed by atoms with Gasteiger partial charge in [0.15, 0.2) is 0 Å². The van der Waals surface area contributed by atoms with Crippen LogP contribution in [0.5, 0.6) is 0 Å². The van der Waals surface area contributed by atoms with Crippen LogP contribution in [-0.4, -0.2) is 56.1 Å². The van der Waals surface area contributed by atoms with Crippen LogP contribution < -0.4 is 5.32 Å². The first-order chi connectivity index (χ1) is 13.8. The van der Waals surface area contributed by atoms with Crippen LogP contribution in [0, 0.1) is 13.8 Å². The molecule has 0 bridgehead atoms. The molecule has 2 aromatic rings. The van der Waals surface area contributed by atoms with E-state index in [1.165, 1.54) is 0 Å². The van der Waals surface area contributed by atoms with E-state index in [0.29, 0.717) is 49.9 Å². The van der Waals surface area contributed by atoms with E-state index < -0.39 is 12.0 Å². The second kappa shape index (κ2) is 7.95. The third-order valence-electron chi connectivity index (χ3n) is 5.70. The second-order valence-corrected chi connectivity index (χ2v) is 8.13. The molecule has 0 aromatic carbocycles. The van der Waals surface area contributed by atoms with Crippen LogP contribution in [0.2, 0.25) is 0 Å². The standard InChI is InChI=1S/C20H27F2N5O2/c1-12-9-13(2)27(26-12)19-24-16(15-11-29-8-5-17(15)28)10-18(25-19)23-14-3-6-20(21,22)7-4-14/h9-10,14-15,17,28H,3-8,11H2,1-2H3,(H,23,24,25)/t15-,17-/m1/s1. The van der Waals surface area contributed by atoms with Gasteiger partial charge in [-0.15, -0.1) is 0 Å². The number of anilines is 1. The molecular weight excluding hydrogens is 380 g/mol. The maximum Gasteiger partial charge on any atom is 0.252 e. The van der Waals surface area contributed by atoms with Gasteiger partial charge in [0.2, 0.25) is 5.92 Å². The van der Waals surface area contributed by atoms with Crippen LogP contribution in [0.4, 0.5) is 14.6 Å². The van der Waals surface area contributed by atoms with Crippen molar-refractivity contribution >= 4 is 5.82 Å². The molecule has 1 aliphatic carbocycles. The van der Waals surface area contributed by atoms with Crippen LogP contribution >= 0.6 is 0 Å². The van der Waals surface area contributed by atoms with Crippen LogP contribution in [0.25, 0.3) is 5.95 Å². The fraction of sp³-hybridized carbons (Fsp3) is 0.650. The number of nitrogens with zero attached hydrogens (tertiary/aromatic N) is 4. The van der Waals surface area contributed by atoms with Crippen molar-refractivity contribution in [2.75, 3.05) is 18.5 Å². The zero-order valence-corrected chi connectivity index (χ0v) is 16.7. The number of hydrogen-bond acceptors (Lipinski definition) is 6. The van der Waals surface area contributed by atoms with Gasteiger partial charge in [0.25, 0.3) is 5.95 Å². The van der Waals surface area contributed by atoms with Gasteiger partial charge in [0, 0.05) is 37.3 Å². The molecule has 2 aliphatic rings. The van der Waals surface area contributed by atoms with E-state index in [4.69, 9.17) is 4.74 Å². The number of aliphatic hydroxyl groups is 1. The Hall–Kier alpha value is -2.13. The Morgan fingerprint density at radius 1 is 1.17 bits per heavy atom. The Morgan fingerprint density at radius 3 is 2.59 bits per heavy atom. The largest absolute Gasteiger partial charge is 0.392 e. The highest BCUT2D eigenvalue weighted by Gasteiger charge is 2.35. The van der Waals surface area contributed by atoms with Crippen molar-refractivity contribution in [2.24, 2.45) is 0 Å². The van der Waals surface area contributed by atoms with Gasteiger partial charge in [-0.3, -0.25) is 0 Å². The topological polar surface area (TPSA) is 85.1 Å². The van der Waals surface area contributed by atoms with E-state index in [2.05, 4.69) is 20.4 Å². The molecule has 2 N–H and O–H groups in total. The molecular formula is C20H27F2N5O2. The maximum absolute atomic E-state index is 13.5. The van der Waals surface area contributed by atoms with Gasteiger partial charge in [-0.2, -0.15) is 10.1 Å². The van der Waals surface area contributed by atoms with Crippen molar-refractivity contribution in [2.45, 2.75) is 69.9 Å². The fourth-order valence-corrected chi connectivity index (χ4v) is 4.05. The van der Waals surface area contributed by atoms with E-state index in [-0.39, 0.29) is 24.8 Å². The Balaban J connectivity index is 1.65. The number of halogens is 2. The molecule has 1 saturated heterocycles. The van der Waals surface area contributed by atoms with Gasteiger partial charge in [0.1, 0.15) is 5.82 Å². The summed E-state index contributed by atoms with van der Waals surface area (Å²) >= 11 is 0. The predicted octanol–water partition coefficient (Wildman–Crippen LogP) is 3.13. The number of nitrogens with one attached hydrogen (secondary N) is 1. The molecule has 2 fully saturated rings. The van der Waals surface area contributed by atoms with Crippen molar-refractivity contribution in [3.63, 3.8) is 0 Å². The van der Waals surface area contributed by atoms with Gasteiger partial charge < -0.3 is 15.2 Å². The minimum atomic E-state index is -2.58. The maximum atomic E-state index is 13.5. The lowest BCUT2D eigenvalue weighted by atomic mass is 9.92. The summed E-state index contributed by atoms with van der Waals surface area (Å²) < 4.78 is 34.2. The smallest absolute Gasteiger partial charge is 0.252 e. The number of aryl methyl sites for hydroxylation is 2. The first kappa shape index (κ1) is 20.2. The quantitative estimate of drug-likeness (QED) is 0.810. The molecule has 0 unspecified atom stereocenters. The molecule has 29 heavy (non-hydrogen) atoms. The molecule has 4 rings (SSSR count). The number of alkyl halides is 2. The van der Waals surface area contributed by atoms with Crippen molar-refractivity contribution < 1.29 is 18.6 Å². The van der Waals surface area contributed by atoms with E-state index in [1.54, 1.807) is 10.7 Å². The molecule has 2 atom stereocenters. The average molecular weight is 407 g/mol. The lowest BCUT2D eigenvalue weighted by Crippen LogP contribution is -2.33. The molecule has 9 heteroatoms. The lowest BCUT2D eigenvalue weighted by molar-refractivity contribution is -0.0361. The highest BCUT2D eigenvalue weighted by Crippen LogP contribution is 2.34. The summed E-state index contributed by atoms with van der Waals surface area (Å²) in [5.74, 6) is -1.88. The molecule has 0 radical (unpaired) electrons. The fourth-order valence-electron chi connectivity index (χ4n) is 4.05. The van der Waals surface area contributed by atoms with E-state index >= 15 is 0 Å². The van der Waals surface area contributed by atoms with E-state index in [0.717, 1.165) is 11.4 Å². The summed E-state index contributed by atoms with van der Waals surface area (Å²) in [5.41, 5.74) is 2.41. The Labute approximate surface area is 168 Å². The van der Waals surface area contributed by atoms with E-state index in [1.807, 2.05) is 19.9 Å². The Morgan fingerprint density at radius 2 is 1.93 bits per heavy atom. The van der Waals surface area contributed by atoms with Crippen molar-refractivity contribution in [1.82, 2.24) is 19.7 Å². The molecule has 0 spiro atoms. The number of ether oxygens (including phenoxy) is 1. The lowest BCUT2D eigenvalue weighted by Gasteiger charge is -2.30. The number of hydrogen-bond donors (Lipinski definition) is 2.